The molecule has 0 saturated carbocycles. The van der Waals surface area contributed by atoms with Crippen LogP contribution in [0.25, 0.3) is 0 Å². The number of rotatable bonds is 5. The van der Waals surface area contributed by atoms with Crippen molar-refractivity contribution in [2.45, 2.75) is 24.8 Å². The Labute approximate surface area is 123 Å². The van der Waals surface area contributed by atoms with Gasteiger partial charge in [0, 0.05) is 11.4 Å². The van der Waals surface area contributed by atoms with E-state index in [1.165, 1.54) is 11.3 Å². The zero-order valence-electron chi connectivity index (χ0n) is 11.3. The summed E-state index contributed by atoms with van der Waals surface area (Å²) in [5, 5.41) is 11.8. The summed E-state index contributed by atoms with van der Waals surface area (Å²) in [6.45, 7) is 3.57. The topological polar surface area (TPSA) is 66.4 Å². The summed E-state index contributed by atoms with van der Waals surface area (Å²) in [5.74, 6) is 0. The van der Waals surface area contributed by atoms with E-state index in [9.17, 15) is 13.5 Å². The van der Waals surface area contributed by atoms with Crippen molar-refractivity contribution >= 4 is 21.4 Å². The second-order valence-corrected chi connectivity index (χ2v) is 7.37. The highest BCUT2D eigenvalue weighted by atomic mass is 32.2. The van der Waals surface area contributed by atoms with Crippen molar-refractivity contribution in [1.82, 2.24) is 4.72 Å². The van der Waals surface area contributed by atoms with E-state index in [4.69, 9.17) is 0 Å². The minimum atomic E-state index is -3.60. The van der Waals surface area contributed by atoms with E-state index < -0.39 is 16.1 Å². The molecule has 1 unspecified atom stereocenters. The van der Waals surface area contributed by atoms with Crippen LogP contribution in [0.3, 0.4) is 0 Å². The van der Waals surface area contributed by atoms with E-state index in [1.54, 1.807) is 25.1 Å². The number of sulfonamides is 1. The molecule has 6 heteroatoms. The maximum atomic E-state index is 12.3. The Balaban J connectivity index is 2.13. The number of hydrogen-bond acceptors (Lipinski definition) is 4. The van der Waals surface area contributed by atoms with Gasteiger partial charge in [-0.2, -0.15) is 0 Å². The fraction of sp³-hybridized carbons (Fsp3) is 0.286. The van der Waals surface area contributed by atoms with Crippen LogP contribution in [0.15, 0.2) is 40.6 Å². The van der Waals surface area contributed by atoms with Crippen molar-refractivity contribution < 1.29 is 13.5 Å². The molecule has 0 aliphatic heterocycles. The Morgan fingerprint density at radius 1 is 1.30 bits per heavy atom. The van der Waals surface area contributed by atoms with E-state index in [0.717, 1.165) is 10.4 Å². The van der Waals surface area contributed by atoms with Gasteiger partial charge in [0.05, 0.1) is 4.90 Å². The van der Waals surface area contributed by atoms with Crippen molar-refractivity contribution in [2.75, 3.05) is 6.54 Å². The van der Waals surface area contributed by atoms with Gasteiger partial charge in [-0.05, 0) is 42.5 Å². The molecule has 20 heavy (non-hydrogen) atoms. The molecule has 1 atom stereocenters. The third-order valence-corrected chi connectivity index (χ3v) is 5.51. The van der Waals surface area contributed by atoms with Crippen LogP contribution < -0.4 is 4.72 Å². The molecule has 2 N–H and O–H groups in total. The molecule has 0 amide bonds. The van der Waals surface area contributed by atoms with Crippen molar-refractivity contribution in [2.24, 2.45) is 0 Å². The third-order valence-electron chi connectivity index (χ3n) is 2.97. The summed E-state index contributed by atoms with van der Waals surface area (Å²) in [7, 11) is -3.60. The van der Waals surface area contributed by atoms with Crippen LogP contribution in [-0.2, 0) is 10.0 Å². The van der Waals surface area contributed by atoms with Crippen LogP contribution in [0.4, 0.5) is 0 Å². The minimum Gasteiger partial charge on any atom is -0.386 e. The zero-order chi connectivity index (χ0) is 14.8. The number of benzene rings is 1. The molecule has 108 valence electrons. The van der Waals surface area contributed by atoms with Gasteiger partial charge in [0.15, 0.2) is 0 Å². The number of hydrogen-bond donors (Lipinski definition) is 2. The molecule has 0 bridgehead atoms. The van der Waals surface area contributed by atoms with Crippen LogP contribution in [0.1, 0.15) is 22.1 Å². The average molecular weight is 311 g/mol. The molecule has 4 nitrogen and oxygen atoms in total. The lowest BCUT2D eigenvalue weighted by molar-refractivity contribution is 0.186. The predicted octanol–water partition coefficient (Wildman–Crippen LogP) is 2.38. The molecule has 0 saturated heterocycles. The second-order valence-electron chi connectivity index (χ2n) is 4.65. The summed E-state index contributed by atoms with van der Waals surface area (Å²) >= 11 is 1.40. The van der Waals surface area contributed by atoms with Gasteiger partial charge in [-0.15, -0.1) is 11.3 Å². The maximum Gasteiger partial charge on any atom is 0.240 e. The van der Waals surface area contributed by atoms with Gasteiger partial charge in [-0.25, -0.2) is 13.1 Å². The normalized spacial score (nSPS) is 13.3. The lowest BCUT2D eigenvalue weighted by Gasteiger charge is -2.13. The Kier molecular flexibility index (Phi) is 4.59. The van der Waals surface area contributed by atoms with Crippen LogP contribution >= 0.6 is 11.3 Å². The quantitative estimate of drug-likeness (QED) is 0.891. The Morgan fingerprint density at radius 2 is 2.05 bits per heavy atom. The summed E-state index contributed by atoms with van der Waals surface area (Å²) in [4.78, 5) is 1.00. The lowest BCUT2D eigenvalue weighted by atomic mass is 10.2. The highest BCUT2D eigenvalue weighted by molar-refractivity contribution is 7.89. The monoisotopic (exact) mass is 311 g/mol. The third kappa shape index (κ3) is 3.46. The van der Waals surface area contributed by atoms with Gasteiger partial charge in [0.25, 0.3) is 0 Å². The van der Waals surface area contributed by atoms with E-state index >= 15 is 0 Å². The van der Waals surface area contributed by atoms with E-state index in [1.807, 2.05) is 24.4 Å². The first-order chi connectivity index (χ1) is 9.40. The predicted molar refractivity (Wildman–Crippen MR) is 80.4 cm³/mol. The van der Waals surface area contributed by atoms with Crippen molar-refractivity contribution in [3.63, 3.8) is 0 Å². The van der Waals surface area contributed by atoms with Gasteiger partial charge >= 0.3 is 0 Å². The maximum absolute atomic E-state index is 12.3. The summed E-state index contributed by atoms with van der Waals surface area (Å²) in [6.07, 6.45) is -0.824. The fourth-order valence-electron chi connectivity index (χ4n) is 1.84. The number of aliphatic hydroxyl groups excluding tert-OH is 1. The SMILES string of the molecule is Cc1ccc(C)c(S(=O)(=O)NCC(O)c2cccs2)c1. The smallest absolute Gasteiger partial charge is 0.240 e. The molecule has 0 radical (unpaired) electrons. The van der Waals surface area contributed by atoms with Gasteiger partial charge in [-0.1, -0.05) is 18.2 Å². The molecule has 1 aromatic carbocycles. The molecule has 0 fully saturated rings. The molecule has 0 aliphatic rings. The largest absolute Gasteiger partial charge is 0.386 e. The van der Waals surface area contributed by atoms with E-state index in [0.29, 0.717) is 5.56 Å². The van der Waals surface area contributed by atoms with Crippen LogP contribution in [-0.4, -0.2) is 20.1 Å². The molecule has 2 aromatic rings. The molecule has 1 aromatic heterocycles. The van der Waals surface area contributed by atoms with Gasteiger partial charge < -0.3 is 5.11 Å². The number of aryl methyl sites for hydroxylation is 2. The van der Waals surface area contributed by atoms with Crippen LogP contribution in [0.2, 0.25) is 0 Å². The van der Waals surface area contributed by atoms with Gasteiger partial charge in [-0.3, -0.25) is 0 Å². The summed E-state index contributed by atoms with van der Waals surface area (Å²) in [6, 6.07) is 8.88. The zero-order valence-corrected chi connectivity index (χ0v) is 13.0. The highest BCUT2D eigenvalue weighted by Crippen LogP contribution is 2.20. The van der Waals surface area contributed by atoms with Crippen molar-refractivity contribution in [1.29, 1.82) is 0 Å². The highest BCUT2D eigenvalue weighted by Gasteiger charge is 2.19. The number of aliphatic hydroxyl groups is 1. The number of thiophene rings is 1. The average Bonchev–Trinajstić information content (AvgIpc) is 2.93. The first kappa shape index (κ1) is 15.2. The van der Waals surface area contributed by atoms with E-state index in [-0.39, 0.29) is 11.4 Å². The summed E-state index contributed by atoms with van der Waals surface area (Å²) < 4.78 is 27.0. The van der Waals surface area contributed by atoms with Crippen molar-refractivity contribution in [3.05, 3.63) is 51.7 Å². The molecular formula is C14H17NO3S2. The molecule has 0 spiro atoms. The van der Waals surface area contributed by atoms with Crippen molar-refractivity contribution in [3.8, 4) is 0 Å². The first-order valence-corrected chi connectivity index (χ1v) is 8.55. The Hall–Kier alpha value is -1.21. The number of nitrogens with one attached hydrogen (secondary N) is 1. The molecular weight excluding hydrogens is 294 g/mol. The van der Waals surface area contributed by atoms with Crippen LogP contribution in [0.5, 0.6) is 0 Å². The lowest BCUT2D eigenvalue weighted by Crippen LogP contribution is -2.28. The second kappa shape index (κ2) is 6.05. The first-order valence-electron chi connectivity index (χ1n) is 6.18. The van der Waals surface area contributed by atoms with Gasteiger partial charge in [0.2, 0.25) is 10.0 Å². The Morgan fingerprint density at radius 3 is 2.70 bits per heavy atom. The molecule has 0 aliphatic carbocycles. The minimum absolute atomic E-state index is 0.0315. The standard InChI is InChI=1S/C14H17NO3S2/c1-10-5-6-11(2)14(8-10)20(17,18)15-9-12(16)13-4-3-7-19-13/h3-8,12,15-16H,9H2,1-2H3. The van der Waals surface area contributed by atoms with Crippen LogP contribution in [0, 0.1) is 13.8 Å². The molecule has 1 heterocycles. The molecule has 2 rings (SSSR count). The van der Waals surface area contributed by atoms with Gasteiger partial charge in [0.1, 0.15) is 6.10 Å². The summed E-state index contributed by atoms with van der Waals surface area (Å²) in [5.41, 5.74) is 1.57. The fourth-order valence-corrected chi connectivity index (χ4v) is 3.92. The van der Waals surface area contributed by atoms with E-state index in [2.05, 4.69) is 4.72 Å². The Bertz CT molecular complexity index is 678.